The van der Waals surface area contributed by atoms with Crippen molar-refractivity contribution in [3.05, 3.63) is 54.1 Å². The van der Waals surface area contributed by atoms with Crippen LogP contribution in [0.2, 0.25) is 0 Å². The average Bonchev–Trinajstić information content (AvgIpc) is 2.39. The smallest absolute Gasteiger partial charge is 0.308 e. The van der Waals surface area contributed by atoms with Crippen molar-refractivity contribution in [1.82, 2.24) is 0 Å². The maximum absolute atomic E-state index is 11.1. The lowest BCUT2D eigenvalue weighted by Crippen LogP contribution is -2.03. The minimum Gasteiger partial charge on any atom is -0.426 e. The van der Waals surface area contributed by atoms with E-state index in [0.717, 1.165) is 16.7 Å². The minimum absolute atomic E-state index is 0.334. The molecule has 0 heterocycles. The number of benzene rings is 2. The van der Waals surface area contributed by atoms with Gasteiger partial charge in [0.2, 0.25) is 0 Å². The van der Waals surface area contributed by atoms with Crippen LogP contribution in [0.5, 0.6) is 5.75 Å². The first-order chi connectivity index (χ1) is 8.70. The van der Waals surface area contributed by atoms with Crippen molar-refractivity contribution in [2.24, 2.45) is 0 Å². The van der Waals surface area contributed by atoms with E-state index in [0.29, 0.717) is 11.6 Å². The first-order valence-corrected chi connectivity index (χ1v) is 6.17. The van der Waals surface area contributed by atoms with Crippen molar-refractivity contribution in [1.29, 1.82) is 0 Å². The van der Waals surface area contributed by atoms with Crippen LogP contribution < -0.4 is 4.74 Å². The number of rotatable bonds is 3. The third kappa shape index (κ3) is 2.90. The summed E-state index contributed by atoms with van der Waals surface area (Å²) in [5.74, 6) is 0.606. The highest BCUT2D eigenvalue weighted by atomic mass is 35.5. The molecule has 0 N–H and O–H groups in total. The molecule has 2 aromatic rings. The van der Waals surface area contributed by atoms with Gasteiger partial charge in [-0.3, -0.25) is 4.79 Å². The van der Waals surface area contributed by atoms with Crippen molar-refractivity contribution in [2.75, 3.05) is 0 Å². The standard InChI is InChI=1S/C15H13ClO2/c1-11(17)18-15-9-12(10-16)7-8-14(15)13-5-3-2-4-6-13/h2-9H,10H2,1H3. The fraction of sp³-hybridized carbons (Fsp3) is 0.133. The van der Waals surface area contributed by atoms with Gasteiger partial charge in [0.15, 0.2) is 0 Å². The minimum atomic E-state index is -0.334. The molecule has 2 aromatic carbocycles. The largest absolute Gasteiger partial charge is 0.426 e. The molecule has 0 radical (unpaired) electrons. The maximum atomic E-state index is 11.1. The molecule has 0 aromatic heterocycles. The quantitative estimate of drug-likeness (QED) is 0.473. The van der Waals surface area contributed by atoms with Gasteiger partial charge < -0.3 is 4.74 Å². The van der Waals surface area contributed by atoms with E-state index < -0.39 is 0 Å². The molecular weight excluding hydrogens is 248 g/mol. The van der Waals surface area contributed by atoms with Crippen LogP contribution in [0.1, 0.15) is 12.5 Å². The molecule has 3 heteroatoms. The van der Waals surface area contributed by atoms with Crippen molar-refractivity contribution in [3.8, 4) is 16.9 Å². The van der Waals surface area contributed by atoms with E-state index in [2.05, 4.69) is 0 Å². The highest BCUT2D eigenvalue weighted by Gasteiger charge is 2.09. The highest BCUT2D eigenvalue weighted by molar-refractivity contribution is 6.17. The van der Waals surface area contributed by atoms with Gasteiger partial charge in [0.05, 0.1) is 0 Å². The molecule has 92 valence electrons. The van der Waals surface area contributed by atoms with Gasteiger partial charge in [-0.25, -0.2) is 0 Å². The van der Waals surface area contributed by atoms with E-state index in [1.807, 2.05) is 42.5 Å². The Bertz CT molecular complexity index is 550. The van der Waals surface area contributed by atoms with Gasteiger partial charge in [0.1, 0.15) is 5.75 Å². The predicted octanol–water partition coefficient (Wildman–Crippen LogP) is 4.02. The van der Waals surface area contributed by atoms with E-state index >= 15 is 0 Å². The summed E-state index contributed by atoms with van der Waals surface area (Å²) in [6, 6.07) is 15.4. The van der Waals surface area contributed by atoms with Gasteiger partial charge >= 0.3 is 5.97 Å². The van der Waals surface area contributed by atoms with Crippen molar-refractivity contribution in [3.63, 3.8) is 0 Å². The number of ether oxygens (including phenoxy) is 1. The monoisotopic (exact) mass is 260 g/mol. The van der Waals surface area contributed by atoms with Crippen molar-refractivity contribution < 1.29 is 9.53 Å². The van der Waals surface area contributed by atoms with Crippen LogP contribution in [0.4, 0.5) is 0 Å². The van der Waals surface area contributed by atoms with Crippen LogP contribution in [0, 0.1) is 0 Å². The second kappa shape index (κ2) is 5.69. The Kier molecular flexibility index (Phi) is 4.00. The average molecular weight is 261 g/mol. The summed E-state index contributed by atoms with van der Waals surface area (Å²) >= 11 is 5.79. The molecule has 0 bridgehead atoms. The van der Waals surface area contributed by atoms with E-state index in [1.54, 1.807) is 6.07 Å². The number of halogens is 1. The first kappa shape index (κ1) is 12.7. The van der Waals surface area contributed by atoms with Gasteiger partial charge in [0.25, 0.3) is 0 Å². The molecule has 0 saturated heterocycles. The van der Waals surface area contributed by atoms with Crippen LogP contribution in [-0.4, -0.2) is 5.97 Å². The van der Waals surface area contributed by atoms with Crippen molar-refractivity contribution in [2.45, 2.75) is 12.8 Å². The Hall–Kier alpha value is -1.80. The number of carbonyl (C=O) groups is 1. The van der Waals surface area contributed by atoms with Crippen LogP contribution in [-0.2, 0) is 10.7 Å². The topological polar surface area (TPSA) is 26.3 Å². The van der Waals surface area contributed by atoms with Gasteiger partial charge in [-0.1, -0.05) is 42.5 Å². The zero-order chi connectivity index (χ0) is 13.0. The van der Waals surface area contributed by atoms with Gasteiger partial charge in [-0.05, 0) is 17.2 Å². The van der Waals surface area contributed by atoms with Gasteiger partial charge in [-0.2, -0.15) is 0 Å². The van der Waals surface area contributed by atoms with Crippen LogP contribution in [0.25, 0.3) is 11.1 Å². The van der Waals surface area contributed by atoms with Crippen LogP contribution in [0.15, 0.2) is 48.5 Å². The number of hydrogen-bond acceptors (Lipinski definition) is 2. The third-order valence-electron chi connectivity index (χ3n) is 2.54. The Labute approximate surface area is 111 Å². The van der Waals surface area contributed by atoms with Crippen LogP contribution >= 0.6 is 11.6 Å². The molecule has 0 atom stereocenters. The molecule has 0 unspecified atom stereocenters. The molecule has 0 fully saturated rings. The fourth-order valence-corrected chi connectivity index (χ4v) is 1.91. The molecule has 0 amide bonds. The lowest BCUT2D eigenvalue weighted by atomic mass is 10.0. The molecule has 18 heavy (non-hydrogen) atoms. The van der Waals surface area contributed by atoms with E-state index in [1.165, 1.54) is 6.92 Å². The summed E-state index contributed by atoms with van der Waals surface area (Å²) in [7, 11) is 0. The SMILES string of the molecule is CC(=O)Oc1cc(CCl)ccc1-c1ccccc1. The fourth-order valence-electron chi connectivity index (χ4n) is 1.75. The van der Waals surface area contributed by atoms with Gasteiger partial charge in [-0.15, -0.1) is 11.6 Å². The molecule has 0 saturated carbocycles. The maximum Gasteiger partial charge on any atom is 0.308 e. The zero-order valence-electron chi connectivity index (χ0n) is 10.0. The zero-order valence-corrected chi connectivity index (χ0v) is 10.8. The molecule has 2 nitrogen and oxygen atoms in total. The van der Waals surface area contributed by atoms with Crippen molar-refractivity contribution >= 4 is 17.6 Å². The lowest BCUT2D eigenvalue weighted by molar-refractivity contribution is -0.131. The summed E-state index contributed by atoms with van der Waals surface area (Å²) in [6.07, 6.45) is 0. The molecule has 2 rings (SSSR count). The molecular formula is C15H13ClO2. The first-order valence-electron chi connectivity index (χ1n) is 5.63. The number of carbonyl (C=O) groups excluding carboxylic acids is 1. The number of hydrogen-bond donors (Lipinski definition) is 0. The van der Waals surface area contributed by atoms with Crippen LogP contribution in [0.3, 0.4) is 0 Å². The molecule has 0 aliphatic rings. The summed E-state index contributed by atoms with van der Waals surface area (Å²) in [6.45, 7) is 1.39. The molecule has 0 aliphatic heterocycles. The lowest BCUT2D eigenvalue weighted by Gasteiger charge is -2.10. The summed E-state index contributed by atoms with van der Waals surface area (Å²) in [5.41, 5.74) is 2.82. The van der Waals surface area contributed by atoms with E-state index in [4.69, 9.17) is 16.3 Å². The molecule has 0 spiro atoms. The molecule has 0 aliphatic carbocycles. The van der Waals surface area contributed by atoms with E-state index in [9.17, 15) is 4.79 Å². The Balaban J connectivity index is 2.49. The van der Waals surface area contributed by atoms with E-state index in [-0.39, 0.29) is 5.97 Å². The summed E-state index contributed by atoms with van der Waals surface area (Å²) < 4.78 is 5.24. The second-order valence-electron chi connectivity index (χ2n) is 3.92. The Morgan fingerprint density at radius 3 is 2.50 bits per heavy atom. The number of alkyl halides is 1. The predicted molar refractivity (Wildman–Crippen MR) is 72.7 cm³/mol. The Morgan fingerprint density at radius 2 is 1.89 bits per heavy atom. The number of esters is 1. The Morgan fingerprint density at radius 1 is 1.17 bits per heavy atom. The normalized spacial score (nSPS) is 10.1. The van der Waals surface area contributed by atoms with Gasteiger partial charge in [0, 0.05) is 18.4 Å². The highest BCUT2D eigenvalue weighted by Crippen LogP contribution is 2.31. The third-order valence-corrected chi connectivity index (χ3v) is 2.85. The summed E-state index contributed by atoms with van der Waals surface area (Å²) in [4.78, 5) is 11.1. The summed E-state index contributed by atoms with van der Waals surface area (Å²) in [5, 5.41) is 0. The second-order valence-corrected chi connectivity index (χ2v) is 4.19.